The van der Waals surface area contributed by atoms with Crippen molar-refractivity contribution in [2.75, 3.05) is 38.8 Å². The average Bonchev–Trinajstić information content (AvgIpc) is 2.65. The number of nitrogens with zero attached hydrogens (tertiary/aromatic N) is 1. The van der Waals surface area contributed by atoms with E-state index in [9.17, 15) is 0 Å². The minimum atomic E-state index is 0.178. The van der Waals surface area contributed by atoms with Gasteiger partial charge in [-0.3, -0.25) is 0 Å². The molecule has 0 aromatic carbocycles. The van der Waals surface area contributed by atoms with E-state index in [4.69, 9.17) is 10.5 Å². The Hall–Kier alpha value is 0.230. The molecule has 0 aromatic heterocycles. The van der Waals surface area contributed by atoms with Crippen molar-refractivity contribution in [2.45, 2.75) is 30.9 Å². The molecule has 2 fully saturated rings. The van der Waals surface area contributed by atoms with Gasteiger partial charge in [-0.05, 0) is 45.0 Å². The summed E-state index contributed by atoms with van der Waals surface area (Å²) in [6, 6.07) is 0.307. The maximum absolute atomic E-state index is 6.30. The van der Waals surface area contributed by atoms with Crippen LogP contribution >= 0.6 is 11.8 Å². The minimum absolute atomic E-state index is 0.178. The molecule has 3 nitrogen and oxygen atoms in total. The van der Waals surface area contributed by atoms with Crippen LogP contribution in [0.15, 0.2) is 0 Å². The Morgan fingerprint density at radius 1 is 1.56 bits per heavy atom. The summed E-state index contributed by atoms with van der Waals surface area (Å²) in [5.41, 5.74) is 6.47. The average molecular weight is 244 g/mol. The summed E-state index contributed by atoms with van der Waals surface area (Å²) in [6.45, 7) is 1.90. The van der Waals surface area contributed by atoms with Gasteiger partial charge in [0.05, 0.1) is 5.60 Å². The number of rotatable bonds is 3. The van der Waals surface area contributed by atoms with Crippen LogP contribution in [-0.2, 0) is 4.74 Å². The smallest absolute Gasteiger partial charge is 0.0783 e. The van der Waals surface area contributed by atoms with Crippen molar-refractivity contribution in [1.82, 2.24) is 4.90 Å². The first-order valence-corrected chi connectivity index (χ1v) is 7.39. The monoisotopic (exact) mass is 244 g/mol. The van der Waals surface area contributed by atoms with Crippen LogP contribution in [0.2, 0.25) is 0 Å². The van der Waals surface area contributed by atoms with Crippen molar-refractivity contribution >= 4 is 11.8 Å². The third-order valence-corrected chi connectivity index (χ3v) is 5.00. The van der Waals surface area contributed by atoms with Crippen molar-refractivity contribution < 1.29 is 4.74 Å². The van der Waals surface area contributed by atoms with E-state index in [0.29, 0.717) is 12.0 Å². The lowest BCUT2D eigenvalue weighted by atomic mass is 9.81. The van der Waals surface area contributed by atoms with Gasteiger partial charge in [-0.25, -0.2) is 0 Å². The summed E-state index contributed by atoms with van der Waals surface area (Å²) in [6.07, 6.45) is 3.54. The molecule has 2 saturated heterocycles. The Kier molecular flexibility index (Phi) is 4.16. The van der Waals surface area contributed by atoms with Crippen LogP contribution in [-0.4, -0.2) is 55.3 Å². The summed E-state index contributed by atoms with van der Waals surface area (Å²) in [5, 5.41) is 0. The summed E-state index contributed by atoms with van der Waals surface area (Å²) >= 11 is 2.03. The molecule has 4 heteroatoms. The lowest BCUT2D eigenvalue weighted by molar-refractivity contribution is -0.0839. The van der Waals surface area contributed by atoms with Gasteiger partial charge in [0.15, 0.2) is 0 Å². The van der Waals surface area contributed by atoms with E-state index >= 15 is 0 Å². The highest BCUT2D eigenvalue weighted by Crippen LogP contribution is 2.40. The van der Waals surface area contributed by atoms with Crippen molar-refractivity contribution in [3.05, 3.63) is 0 Å². The molecule has 1 spiro atoms. The predicted octanol–water partition coefficient (Wildman–Crippen LogP) is 1.18. The Balaban J connectivity index is 1.90. The quantitative estimate of drug-likeness (QED) is 0.809. The van der Waals surface area contributed by atoms with Gasteiger partial charge in [0.2, 0.25) is 0 Å². The fraction of sp³-hybridized carbons (Fsp3) is 1.00. The fourth-order valence-corrected chi connectivity index (χ4v) is 4.24. The van der Waals surface area contributed by atoms with Crippen LogP contribution in [0, 0.1) is 5.92 Å². The maximum atomic E-state index is 6.30. The highest BCUT2D eigenvalue weighted by atomic mass is 32.2. The van der Waals surface area contributed by atoms with Gasteiger partial charge in [-0.15, -0.1) is 0 Å². The number of likely N-dealkylation sites (N-methyl/N-ethyl adjacent to an activating group) is 1. The van der Waals surface area contributed by atoms with Crippen molar-refractivity contribution in [3.63, 3.8) is 0 Å². The van der Waals surface area contributed by atoms with E-state index < -0.39 is 0 Å². The fourth-order valence-electron chi connectivity index (χ4n) is 2.87. The molecule has 0 bridgehead atoms. The second kappa shape index (κ2) is 5.25. The molecule has 0 saturated carbocycles. The van der Waals surface area contributed by atoms with Crippen LogP contribution in [0.5, 0.6) is 0 Å². The highest BCUT2D eigenvalue weighted by molar-refractivity contribution is 7.99. The molecular formula is C12H24N2OS. The normalized spacial score (nSPS) is 37.1. The van der Waals surface area contributed by atoms with Crippen molar-refractivity contribution in [2.24, 2.45) is 11.7 Å². The number of ether oxygens (including phenoxy) is 1. The van der Waals surface area contributed by atoms with Crippen LogP contribution in [0.1, 0.15) is 19.3 Å². The van der Waals surface area contributed by atoms with Gasteiger partial charge in [0.25, 0.3) is 0 Å². The molecule has 0 amide bonds. The minimum Gasteiger partial charge on any atom is -0.374 e. The highest BCUT2D eigenvalue weighted by Gasteiger charge is 2.41. The maximum Gasteiger partial charge on any atom is 0.0783 e. The van der Waals surface area contributed by atoms with Gasteiger partial charge in [0, 0.05) is 24.9 Å². The van der Waals surface area contributed by atoms with Crippen LogP contribution in [0.3, 0.4) is 0 Å². The van der Waals surface area contributed by atoms with Gasteiger partial charge < -0.3 is 15.4 Å². The van der Waals surface area contributed by atoms with E-state index in [-0.39, 0.29) is 5.60 Å². The first-order chi connectivity index (χ1) is 7.61. The molecule has 2 N–H and O–H groups in total. The first-order valence-electron chi connectivity index (χ1n) is 6.23. The van der Waals surface area contributed by atoms with E-state index in [1.807, 2.05) is 11.8 Å². The molecule has 3 unspecified atom stereocenters. The molecule has 3 atom stereocenters. The Labute approximate surface area is 103 Å². The molecule has 2 rings (SSSR count). The Morgan fingerprint density at radius 2 is 2.38 bits per heavy atom. The summed E-state index contributed by atoms with van der Waals surface area (Å²) in [7, 11) is 4.20. The third kappa shape index (κ3) is 2.92. The zero-order valence-electron chi connectivity index (χ0n) is 10.4. The molecule has 0 aromatic rings. The summed E-state index contributed by atoms with van der Waals surface area (Å²) in [5.74, 6) is 3.09. The van der Waals surface area contributed by atoms with Crippen LogP contribution in [0.25, 0.3) is 0 Å². The summed E-state index contributed by atoms with van der Waals surface area (Å²) < 4.78 is 6.02. The Bertz CT molecular complexity index is 229. The molecule has 0 aliphatic carbocycles. The molecular weight excluding hydrogens is 220 g/mol. The molecule has 94 valence electrons. The third-order valence-electron chi connectivity index (χ3n) is 3.78. The van der Waals surface area contributed by atoms with Gasteiger partial charge in [-0.1, -0.05) is 0 Å². The van der Waals surface area contributed by atoms with Gasteiger partial charge in [-0.2, -0.15) is 11.8 Å². The molecule has 2 heterocycles. The topological polar surface area (TPSA) is 38.5 Å². The van der Waals surface area contributed by atoms with E-state index in [1.54, 1.807) is 0 Å². The molecule has 2 aliphatic heterocycles. The molecule has 2 aliphatic rings. The first kappa shape index (κ1) is 12.7. The molecule has 0 radical (unpaired) electrons. The van der Waals surface area contributed by atoms with Crippen molar-refractivity contribution in [1.29, 1.82) is 0 Å². The SMILES string of the molecule is CN(C)CC(N)C1CCOC2(CCSC2)C1. The van der Waals surface area contributed by atoms with Gasteiger partial charge in [0.1, 0.15) is 0 Å². The second-order valence-corrected chi connectivity index (χ2v) is 6.62. The van der Waals surface area contributed by atoms with Gasteiger partial charge >= 0.3 is 0 Å². The number of hydrogen-bond acceptors (Lipinski definition) is 4. The molecule has 16 heavy (non-hydrogen) atoms. The van der Waals surface area contributed by atoms with E-state index in [0.717, 1.165) is 19.6 Å². The van der Waals surface area contributed by atoms with E-state index in [1.165, 1.54) is 24.3 Å². The number of hydrogen-bond donors (Lipinski definition) is 1. The number of nitrogens with two attached hydrogens (primary N) is 1. The number of thioether (sulfide) groups is 1. The predicted molar refractivity (Wildman–Crippen MR) is 69.9 cm³/mol. The standard InChI is InChI=1S/C12H24N2OS/c1-14(2)8-11(13)10-3-5-15-12(7-10)4-6-16-9-12/h10-11H,3-9,13H2,1-2H3. The van der Waals surface area contributed by atoms with Crippen LogP contribution in [0.4, 0.5) is 0 Å². The zero-order chi connectivity index (χ0) is 11.6. The largest absolute Gasteiger partial charge is 0.374 e. The van der Waals surface area contributed by atoms with E-state index in [2.05, 4.69) is 19.0 Å². The lowest BCUT2D eigenvalue weighted by Gasteiger charge is -2.40. The van der Waals surface area contributed by atoms with Crippen LogP contribution < -0.4 is 5.73 Å². The second-order valence-electron chi connectivity index (χ2n) is 5.51. The Morgan fingerprint density at radius 3 is 3.00 bits per heavy atom. The summed E-state index contributed by atoms with van der Waals surface area (Å²) in [4.78, 5) is 2.19. The van der Waals surface area contributed by atoms with Crippen molar-refractivity contribution in [3.8, 4) is 0 Å². The lowest BCUT2D eigenvalue weighted by Crippen LogP contribution is -2.48. The zero-order valence-corrected chi connectivity index (χ0v) is 11.3.